The predicted molar refractivity (Wildman–Crippen MR) is 68.3 cm³/mol. The van der Waals surface area contributed by atoms with Crippen LogP contribution in [-0.2, 0) is 4.79 Å². The molecule has 0 radical (unpaired) electrons. The van der Waals surface area contributed by atoms with Gasteiger partial charge in [0, 0.05) is 6.92 Å². The minimum Gasteiger partial charge on any atom is -0.292 e. The summed E-state index contributed by atoms with van der Waals surface area (Å²) in [6.07, 6.45) is 0. The topological polar surface area (TPSA) is 17.1 Å². The number of ketones is 1. The summed E-state index contributed by atoms with van der Waals surface area (Å²) in [6.45, 7) is 2.86. The van der Waals surface area contributed by atoms with Crippen molar-refractivity contribution in [3.05, 3.63) is 53.9 Å². The summed E-state index contributed by atoms with van der Waals surface area (Å²) in [7, 11) is 0. The van der Waals surface area contributed by atoms with Gasteiger partial charge in [0.05, 0.1) is 0 Å². The third kappa shape index (κ3) is 2.26. The summed E-state index contributed by atoms with van der Waals surface area (Å²) >= 11 is 0. The highest BCUT2D eigenvalue weighted by Gasteiger charge is 2.09. The summed E-state index contributed by atoms with van der Waals surface area (Å²) in [5, 5.41) is 2.15. The number of Topliss-reactive ketones (excluding diaryl/α,β-unsaturated/α-hetero) is 1. The third-order valence-electron chi connectivity index (χ3n) is 2.82. The van der Waals surface area contributed by atoms with Crippen LogP contribution >= 0.6 is 0 Å². The van der Waals surface area contributed by atoms with E-state index in [0.717, 1.165) is 16.3 Å². The first kappa shape index (κ1) is 11.5. The van der Waals surface area contributed by atoms with Crippen molar-refractivity contribution in [2.75, 3.05) is 0 Å². The maximum absolute atomic E-state index is 13.5. The fourth-order valence-electron chi connectivity index (χ4n) is 1.81. The van der Waals surface area contributed by atoms with E-state index in [-0.39, 0.29) is 0 Å². The van der Waals surface area contributed by atoms with E-state index in [2.05, 4.69) is 0 Å². The van der Waals surface area contributed by atoms with Gasteiger partial charge in [-0.15, -0.1) is 0 Å². The van der Waals surface area contributed by atoms with Crippen LogP contribution in [0.15, 0.2) is 48.3 Å². The van der Waals surface area contributed by atoms with Gasteiger partial charge in [0.1, 0.15) is 0 Å². The number of allylic oxidation sites excluding steroid dienone is 2. The maximum Gasteiger partial charge on any atom is 0.188 e. The molecular formula is C15H13FO. The first-order chi connectivity index (χ1) is 8.09. The number of halogens is 1. The molecular weight excluding hydrogens is 215 g/mol. The molecule has 0 heterocycles. The van der Waals surface area contributed by atoms with Crippen molar-refractivity contribution in [1.82, 2.24) is 0 Å². The summed E-state index contributed by atoms with van der Waals surface area (Å²) in [5.41, 5.74) is 1.14. The minimum atomic E-state index is -0.666. The second kappa shape index (κ2) is 4.50. The van der Waals surface area contributed by atoms with Crippen molar-refractivity contribution in [2.24, 2.45) is 0 Å². The van der Waals surface area contributed by atoms with Gasteiger partial charge in [-0.05, 0) is 34.9 Å². The van der Waals surface area contributed by atoms with Crippen LogP contribution in [0.4, 0.5) is 4.39 Å². The van der Waals surface area contributed by atoms with Crippen molar-refractivity contribution >= 4 is 22.1 Å². The van der Waals surface area contributed by atoms with E-state index >= 15 is 0 Å². The number of benzene rings is 2. The number of fused-ring (bicyclic) bond motifs is 1. The van der Waals surface area contributed by atoms with Crippen LogP contribution in [0.3, 0.4) is 0 Å². The van der Waals surface area contributed by atoms with E-state index in [1.807, 2.05) is 42.5 Å². The molecule has 1 nitrogen and oxygen atoms in total. The van der Waals surface area contributed by atoms with Gasteiger partial charge in [0.25, 0.3) is 0 Å². The number of hydrogen-bond acceptors (Lipinski definition) is 1. The van der Waals surface area contributed by atoms with E-state index in [0.29, 0.717) is 5.57 Å². The van der Waals surface area contributed by atoms with Crippen molar-refractivity contribution < 1.29 is 9.18 Å². The molecule has 2 heteroatoms. The molecule has 86 valence electrons. The second-order valence-corrected chi connectivity index (χ2v) is 4.06. The Morgan fingerprint density at radius 3 is 2.29 bits per heavy atom. The molecule has 0 bridgehead atoms. The molecule has 0 aliphatic carbocycles. The SMILES string of the molecule is CC(=O)/C(F)=C(\C)c1ccc2ccccc2c1. The average Bonchev–Trinajstić information content (AvgIpc) is 2.36. The maximum atomic E-state index is 13.5. The van der Waals surface area contributed by atoms with Gasteiger partial charge in [-0.25, -0.2) is 4.39 Å². The Morgan fingerprint density at radius 1 is 1.00 bits per heavy atom. The Bertz CT molecular complexity index is 611. The summed E-state index contributed by atoms with van der Waals surface area (Å²) in [6, 6.07) is 13.5. The lowest BCUT2D eigenvalue weighted by atomic mass is 10.0. The fraction of sp³-hybridized carbons (Fsp3) is 0.133. The lowest BCUT2D eigenvalue weighted by Gasteiger charge is -2.05. The Morgan fingerprint density at radius 2 is 1.65 bits per heavy atom. The van der Waals surface area contributed by atoms with Crippen LogP contribution in [0.5, 0.6) is 0 Å². The number of hydrogen-bond donors (Lipinski definition) is 0. The van der Waals surface area contributed by atoms with Crippen LogP contribution in [-0.4, -0.2) is 5.78 Å². The van der Waals surface area contributed by atoms with Gasteiger partial charge in [0.2, 0.25) is 0 Å². The number of carbonyl (C=O) groups is 1. The van der Waals surface area contributed by atoms with Crippen LogP contribution in [0.1, 0.15) is 19.4 Å². The second-order valence-electron chi connectivity index (χ2n) is 4.06. The van der Waals surface area contributed by atoms with Crippen molar-refractivity contribution in [1.29, 1.82) is 0 Å². The molecule has 2 aromatic carbocycles. The lowest BCUT2D eigenvalue weighted by Crippen LogP contribution is -1.94. The zero-order valence-corrected chi connectivity index (χ0v) is 9.83. The summed E-state index contributed by atoms with van der Waals surface area (Å²) < 4.78 is 13.5. The van der Waals surface area contributed by atoms with Gasteiger partial charge in [-0.2, -0.15) is 0 Å². The quantitative estimate of drug-likeness (QED) is 0.706. The Kier molecular flexibility index (Phi) is 3.05. The van der Waals surface area contributed by atoms with Crippen LogP contribution < -0.4 is 0 Å². The van der Waals surface area contributed by atoms with Crippen molar-refractivity contribution in [3.63, 3.8) is 0 Å². The van der Waals surface area contributed by atoms with E-state index in [1.165, 1.54) is 6.92 Å². The highest BCUT2D eigenvalue weighted by atomic mass is 19.1. The molecule has 0 aliphatic rings. The highest BCUT2D eigenvalue weighted by molar-refractivity contribution is 5.99. The van der Waals surface area contributed by atoms with Crippen molar-refractivity contribution in [3.8, 4) is 0 Å². The first-order valence-corrected chi connectivity index (χ1v) is 5.46. The summed E-state index contributed by atoms with van der Waals surface area (Å²) in [4.78, 5) is 11.0. The van der Waals surface area contributed by atoms with E-state index in [9.17, 15) is 9.18 Å². The van der Waals surface area contributed by atoms with Gasteiger partial charge >= 0.3 is 0 Å². The van der Waals surface area contributed by atoms with Crippen LogP contribution in [0.2, 0.25) is 0 Å². The Balaban J connectivity index is 2.57. The molecule has 0 atom stereocenters. The first-order valence-electron chi connectivity index (χ1n) is 5.46. The molecule has 0 N–H and O–H groups in total. The van der Waals surface area contributed by atoms with Gasteiger partial charge in [-0.1, -0.05) is 36.4 Å². The molecule has 0 fully saturated rings. The molecule has 17 heavy (non-hydrogen) atoms. The fourth-order valence-corrected chi connectivity index (χ4v) is 1.81. The molecule has 0 aromatic heterocycles. The lowest BCUT2D eigenvalue weighted by molar-refractivity contribution is -0.114. The molecule has 0 amide bonds. The largest absolute Gasteiger partial charge is 0.292 e. The zero-order chi connectivity index (χ0) is 12.4. The molecule has 2 aromatic rings. The van der Waals surface area contributed by atoms with E-state index in [4.69, 9.17) is 0 Å². The number of rotatable bonds is 2. The van der Waals surface area contributed by atoms with Crippen molar-refractivity contribution in [2.45, 2.75) is 13.8 Å². The normalized spacial score (nSPS) is 12.4. The smallest absolute Gasteiger partial charge is 0.188 e. The standard InChI is InChI=1S/C15H13FO/c1-10(15(16)11(2)17)13-8-7-12-5-3-4-6-14(12)9-13/h3-9H,1-2H3/b15-10-. The van der Waals surface area contributed by atoms with Crippen LogP contribution in [0, 0.1) is 0 Å². The Labute approximate surface area is 99.6 Å². The average molecular weight is 228 g/mol. The molecule has 0 aliphatic heterocycles. The van der Waals surface area contributed by atoms with Gasteiger partial charge in [-0.3, -0.25) is 4.79 Å². The third-order valence-corrected chi connectivity index (χ3v) is 2.82. The minimum absolute atomic E-state index is 0.392. The summed E-state index contributed by atoms with van der Waals surface area (Å²) in [5.74, 6) is -1.20. The predicted octanol–water partition coefficient (Wildman–Crippen LogP) is 4.13. The van der Waals surface area contributed by atoms with E-state index in [1.54, 1.807) is 6.92 Å². The highest BCUT2D eigenvalue weighted by Crippen LogP contribution is 2.24. The molecule has 0 saturated heterocycles. The van der Waals surface area contributed by atoms with Crippen LogP contribution in [0.25, 0.3) is 16.3 Å². The van der Waals surface area contributed by atoms with Gasteiger partial charge in [0.15, 0.2) is 11.6 Å². The molecule has 0 saturated carbocycles. The number of carbonyl (C=O) groups excluding carboxylic acids is 1. The zero-order valence-electron chi connectivity index (χ0n) is 9.83. The molecule has 0 spiro atoms. The van der Waals surface area contributed by atoms with E-state index < -0.39 is 11.6 Å². The monoisotopic (exact) mass is 228 g/mol. The Hall–Kier alpha value is -1.96. The molecule has 0 unspecified atom stereocenters. The molecule has 2 rings (SSSR count). The van der Waals surface area contributed by atoms with Gasteiger partial charge < -0.3 is 0 Å².